The fraction of sp³-hybridized carbons (Fsp3) is 0.538. The molecule has 2 heterocycles. The molecule has 0 radical (unpaired) electrons. The Morgan fingerprint density at radius 2 is 2.11 bits per heavy atom. The average molecular weight is 250 g/mol. The van der Waals surface area contributed by atoms with Crippen LogP contribution in [0.5, 0.6) is 5.88 Å². The third-order valence-corrected chi connectivity index (χ3v) is 3.26. The first-order chi connectivity index (χ1) is 8.76. The molecule has 1 saturated heterocycles. The molecular weight excluding hydrogens is 232 g/mol. The second kappa shape index (κ2) is 5.82. The van der Waals surface area contributed by atoms with E-state index in [1.807, 2.05) is 4.90 Å². The van der Waals surface area contributed by atoms with Crippen molar-refractivity contribution in [3.8, 4) is 5.88 Å². The quantitative estimate of drug-likeness (QED) is 0.812. The lowest BCUT2D eigenvalue weighted by atomic mass is 10.1. The van der Waals surface area contributed by atoms with Gasteiger partial charge >= 0.3 is 0 Å². The van der Waals surface area contributed by atoms with E-state index < -0.39 is 0 Å². The number of ether oxygens (including phenoxy) is 2. The van der Waals surface area contributed by atoms with Crippen molar-refractivity contribution in [2.75, 3.05) is 27.3 Å². The molecule has 1 aromatic heterocycles. The van der Waals surface area contributed by atoms with Gasteiger partial charge in [0.15, 0.2) is 0 Å². The van der Waals surface area contributed by atoms with Crippen LogP contribution in [0.4, 0.5) is 0 Å². The van der Waals surface area contributed by atoms with Gasteiger partial charge in [-0.15, -0.1) is 0 Å². The van der Waals surface area contributed by atoms with Gasteiger partial charge in [-0.05, 0) is 25.0 Å². The first kappa shape index (κ1) is 12.8. The van der Waals surface area contributed by atoms with Gasteiger partial charge < -0.3 is 14.4 Å². The molecule has 0 N–H and O–H groups in total. The van der Waals surface area contributed by atoms with Crippen LogP contribution in [0.25, 0.3) is 0 Å². The fourth-order valence-electron chi connectivity index (χ4n) is 2.18. The second-order valence-electron chi connectivity index (χ2n) is 4.29. The fourth-order valence-corrected chi connectivity index (χ4v) is 2.18. The molecule has 98 valence electrons. The van der Waals surface area contributed by atoms with Crippen LogP contribution in [0.15, 0.2) is 18.3 Å². The van der Waals surface area contributed by atoms with E-state index >= 15 is 0 Å². The monoisotopic (exact) mass is 250 g/mol. The third kappa shape index (κ3) is 2.61. The summed E-state index contributed by atoms with van der Waals surface area (Å²) in [4.78, 5) is 18.2. The van der Waals surface area contributed by atoms with Crippen LogP contribution in [0, 0.1) is 0 Å². The van der Waals surface area contributed by atoms with E-state index in [0.717, 1.165) is 25.9 Å². The Morgan fingerprint density at radius 1 is 1.39 bits per heavy atom. The highest BCUT2D eigenvalue weighted by Crippen LogP contribution is 2.20. The van der Waals surface area contributed by atoms with Crippen LogP contribution in [-0.4, -0.2) is 49.2 Å². The van der Waals surface area contributed by atoms with Crippen molar-refractivity contribution >= 4 is 5.91 Å². The van der Waals surface area contributed by atoms with Crippen LogP contribution in [0.3, 0.4) is 0 Å². The van der Waals surface area contributed by atoms with Gasteiger partial charge in [-0.25, -0.2) is 4.98 Å². The average Bonchev–Trinajstić information content (AvgIpc) is 2.46. The highest BCUT2D eigenvalue weighted by Gasteiger charge is 2.25. The second-order valence-corrected chi connectivity index (χ2v) is 4.29. The Hall–Kier alpha value is -1.62. The number of carbonyl (C=O) groups excluding carboxylic acids is 1. The summed E-state index contributed by atoms with van der Waals surface area (Å²) >= 11 is 0. The van der Waals surface area contributed by atoms with Gasteiger partial charge in [0.2, 0.25) is 5.88 Å². The molecule has 0 bridgehead atoms. The predicted octanol–water partition coefficient (Wildman–Crippen LogP) is 1.34. The number of nitrogens with zero attached hydrogens (tertiary/aromatic N) is 2. The van der Waals surface area contributed by atoms with E-state index in [1.54, 1.807) is 25.4 Å². The zero-order valence-corrected chi connectivity index (χ0v) is 10.8. The first-order valence-corrected chi connectivity index (χ1v) is 6.07. The number of piperidine rings is 1. The zero-order chi connectivity index (χ0) is 13.0. The minimum atomic E-state index is -0.0190. The molecule has 1 fully saturated rings. The van der Waals surface area contributed by atoms with Crippen LogP contribution in [-0.2, 0) is 4.74 Å². The van der Waals surface area contributed by atoms with Gasteiger partial charge in [-0.1, -0.05) is 0 Å². The molecule has 18 heavy (non-hydrogen) atoms. The lowest BCUT2D eigenvalue weighted by molar-refractivity contribution is 0.0349. The maximum atomic E-state index is 12.3. The minimum Gasteiger partial charge on any atom is -0.480 e. The van der Waals surface area contributed by atoms with Crippen molar-refractivity contribution < 1.29 is 14.3 Å². The van der Waals surface area contributed by atoms with Crippen molar-refractivity contribution in [3.05, 3.63) is 23.9 Å². The number of hydrogen-bond acceptors (Lipinski definition) is 4. The largest absolute Gasteiger partial charge is 0.480 e. The van der Waals surface area contributed by atoms with E-state index in [1.165, 1.54) is 7.11 Å². The minimum absolute atomic E-state index is 0.0190. The van der Waals surface area contributed by atoms with Gasteiger partial charge in [0.1, 0.15) is 5.56 Å². The van der Waals surface area contributed by atoms with E-state index in [2.05, 4.69) is 4.98 Å². The van der Waals surface area contributed by atoms with Gasteiger partial charge in [0.25, 0.3) is 5.91 Å². The van der Waals surface area contributed by atoms with Crippen LogP contribution < -0.4 is 4.74 Å². The molecular formula is C13H18N2O3. The Balaban J connectivity index is 2.08. The molecule has 0 atom stereocenters. The molecule has 0 unspecified atom stereocenters. The number of likely N-dealkylation sites (tertiary alicyclic amines) is 1. The smallest absolute Gasteiger partial charge is 0.259 e. The summed E-state index contributed by atoms with van der Waals surface area (Å²) in [6.07, 6.45) is 3.65. The molecule has 5 heteroatoms. The van der Waals surface area contributed by atoms with E-state index in [9.17, 15) is 4.79 Å². The highest BCUT2D eigenvalue weighted by molar-refractivity contribution is 5.96. The zero-order valence-electron chi connectivity index (χ0n) is 10.8. The summed E-state index contributed by atoms with van der Waals surface area (Å²) < 4.78 is 10.4. The highest BCUT2D eigenvalue weighted by atomic mass is 16.5. The number of amides is 1. The van der Waals surface area contributed by atoms with Crippen molar-refractivity contribution in [2.45, 2.75) is 18.9 Å². The predicted molar refractivity (Wildman–Crippen MR) is 66.7 cm³/mol. The molecule has 1 amide bonds. The van der Waals surface area contributed by atoms with Crippen molar-refractivity contribution in [1.29, 1.82) is 0 Å². The van der Waals surface area contributed by atoms with Crippen molar-refractivity contribution in [3.63, 3.8) is 0 Å². The van der Waals surface area contributed by atoms with E-state index in [-0.39, 0.29) is 12.0 Å². The molecule has 0 aromatic carbocycles. The Bertz CT molecular complexity index is 414. The third-order valence-electron chi connectivity index (χ3n) is 3.26. The Labute approximate surface area is 107 Å². The molecule has 1 aromatic rings. The molecule has 0 aliphatic carbocycles. The maximum Gasteiger partial charge on any atom is 0.259 e. The normalized spacial score (nSPS) is 16.7. The Morgan fingerprint density at radius 3 is 2.72 bits per heavy atom. The van der Waals surface area contributed by atoms with Crippen molar-refractivity contribution in [1.82, 2.24) is 9.88 Å². The van der Waals surface area contributed by atoms with Gasteiger partial charge in [-0.2, -0.15) is 0 Å². The molecule has 2 rings (SSSR count). The van der Waals surface area contributed by atoms with Gasteiger partial charge in [-0.3, -0.25) is 4.79 Å². The number of pyridine rings is 1. The standard InChI is InChI=1S/C13H18N2O3/c1-17-10-5-8-15(9-6-10)13(16)11-4-3-7-14-12(11)18-2/h3-4,7,10H,5-6,8-9H2,1-2H3. The number of hydrogen-bond donors (Lipinski definition) is 0. The van der Waals surface area contributed by atoms with E-state index in [4.69, 9.17) is 9.47 Å². The summed E-state index contributed by atoms with van der Waals surface area (Å²) in [5.41, 5.74) is 0.524. The number of aromatic nitrogens is 1. The Kier molecular flexibility index (Phi) is 4.15. The topological polar surface area (TPSA) is 51.7 Å². The van der Waals surface area contributed by atoms with E-state index in [0.29, 0.717) is 11.4 Å². The number of carbonyl (C=O) groups is 1. The van der Waals surface area contributed by atoms with Crippen LogP contribution in [0.2, 0.25) is 0 Å². The molecule has 0 spiro atoms. The molecule has 1 aliphatic rings. The maximum absolute atomic E-state index is 12.3. The lowest BCUT2D eigenvalue weighted by Gasteiger charge is -2.31. The summed E-state index contributed by atoms with van der Waals surface area (Å²) in [7, 11) is 3.24. The molecule has 1 aliphatic heterocycles. The summed E-state index contributed by atoms with van der Waals surface area (Å²) in [6, 6.07) is 3.49. The molecule has 5 nitrogen and oxygen atoms in total. The molecule has 0 saturated carbocycles. The van der Waals surface area contributed by atoms with Crippen molar-refractivity contribution in [2.24, 2.45) is 0 Å². The van der Waals surface area contributed by atoms with Gasteiger partial charge in [0, 0.05) is 26.4 Å². The van der Waals surface area contributed by atoms with Crippen LogP contribution in [0.1, 0.15) is 23.2 Å². The number of rotatable bonds is 3. The first-order valence-electron chi connectivity index (χ1n) is 6.07. The SMILES string of the molecule is COc1ncccc1C(=O)N1CCC(OC)CC1. The summed E-state index contributed by atoms with van der Waals surface area (Å²) in [6.45, 7) is 1.44. The summed E-state index contributed by atoms with van der Waals surface area (Å²) in [5.74, 6) is 0.367. The lowest BCUT2D eigenvalue weighted by Crippen LogP contribution is -2.40. The number of methoxy groups -OCH3 is 2. The van der Waals surface area contributed by atoms with Gasteiger partial charge in [0.05, 0.1) is 13.2 Å². The summed E-state index contributed by atoms with van der Waals surface area (Å²) in [5, 5.41) is 0. The van der Waals surface area contributed by atoms with Crippen LogP contribution >= 0.6 is 0 Å².